The van der Waals surface area contributed by atoms with Gasteiger partial charge in [0.1, 0.15) is 17.2 Å². The Kier molecular flexibility index (Phi) is 5.57. The molecule has 0 N–H and O–H groups in total. The number of hydrogen-bond donors (Lipinski definition) is 0. The molecule has 0 bridgehead atoms. The van der Waals surface area contributed by atoms with Crippen LogP contribution in [-0.2, 0) is 6.54 Å². The topological polar surface area (TPSA) is 49.6 Å². The quantitative estimate of drug-likeness (QED) is 0.650. The summed E-state index contributed by atoms with van der Waals surface area (Å²) in [5.74, 6) is 1.80. The molecule has 1 aliphatic rings. The number of thiazole rings is 1. The van der Waals surface area contributed by atoms with E-state index in [1.165, 1.54) is 11.3 Å². The molecule has 27 heavy (non-hydrogen) atoms. The molecule has 0 unspecified atom stereocenters. The zero-order valence-electron chi connectivity index (χ0n) is 14.8. The summed E-state index contributed by atoms with van der Waals surface area (Å²) in [5.41, 5.74) is 3.26. The minimum absolute atomic E-state index is 0.0288. The van der Waals surface area contributed by atoms with Gasteiger partial charge in [0.2, 0.25) is 0 Å². The molecule has 0 saturated carbocycles. The van der Waals surface area contributed by atoms with E-state index in [2.05, 4.69) is 9.88 Å². The fourth-order valence-corrected chi connectivity index (χ4v) is 3.92. The minimum atomic E-state index is 0.0288. The molecule has 0 aliphatic carbocycles. The smallest absolute Gasteiger partial charge is 0.273 e. The number of aromatic nitrogens is 1. The Morgan fingerprint density at radius 2 is 1.96 bits per heavy atom. The van der Waals surface area contributed by atoms with Crippen LogP contribution in [-0.4, -0.2) is 46.9 Å². The third-order valence-corrected chi connectivity index (χ3v) is 5.54. The standard InChI is InChI=1S/C20H20ClN3O2S/c21-16-4-2-15(3-5-16)19-7-6-17(26-19)12-23-8-1-9-24(11-10-23)20(25)18-13-27-14-22-18/h2-7,13-14H,1,8-12H2. The molecule has 1 amide bonds. The van der Waals surface area contributed by atoms with E-state index in [0.717, 1.165) is 49.7 Å². The van der Waals surface area contributed by atoms with E-state index in [1.807, 2.05) is 46.7 Å². The predicted octanol–water partition coefficient (Wildman–Crippen LogP) is 4.40. The predicted molar refractivity (Wildman–Crippen MR) is 107 cm³/mol. The van der Waals surface area contributed by atoms with Gasteiger partial charge in [-0.25, -0.2) is 4.98 Å². The maximum absolute atomic E-state index is 12.5. The first-order chi connectivity index (χ1) is 13.2. The summed E-state index contributed by atoms with van der Waals surface area (Å²) in [7, 11) is 0. The third kappa shape index (κ3) is 4.40. The van der Waals surface area contributed by atoms with Crippen LogP contribution in [0.15, 0.2) is 51.7 Å². The fraction of sp³-hybridized carbons (Fsp3) is 0.300. The van der Waals surface area contributed by atoms with Gasteiger partial charge in [0.05, 0.1) is 12.1 Å². The van der Waals surface area contributed by atoms with Gasteiger partial charge in [-0.05, 0) is 42.8 Å². The highest BCUT2D eigenvalue weighted by atomic mass is 35.5. The van der Waals surface area contributed by atoms with Crippen LogP contribution in [0.3, 0.4) is 0 Å². The summed E-state index contributed by atoms with van der Waals surface area (Å²) in [4.78, 5) is 20.9. The number of amides is 1. The van der Waals surface area contributed by atoms with E-state index in [9.17, 15) is 4.79 Å². The summed E-state index contributed by atoms with van der Waals surface area (Å²) in [6, 6.07) is 11.7. The number of nitrogens with zero attached hydrogens (tertiary/aromatic N) is 3. The molecule has 4 rings (SSSR count). The average molecular weight is 402 g/mol. The molecule has 1 aliphatic heterocycles. The van der Waals surface area contributed by atoms with Crippen molar-refractivity contribution in [2.75, 3.05) is 26.2 Å². The average Bonchev–Trinajstić information content (AvgIpc) is 3.31. The lowest BCUT2D eigenvalue weighted by Crippen LogP contribution is -2.35. The number of furan rings is 1. The first kappa shape index (κ1) is 18.2. The lowest BCUT2D eigenvalue weighted by molar-refractivity contribution is 0.0755. The molecule has 1 fully saturated rings. The van der Waals surface area contributed by atoms with E-state index in [4.69, 9.17) is 16.0 Å². The van der Waals surface area contributed by atoms with Gasteiger partial charge in [-0.3, -0.25) is 9.69 Å². The van der Waals surface area contributed by atoms with Crippen LogP contribution in [0.25, 0.3) is 11.3 Å². The summed E-state index contributed by atoms with van der Waals surface area (Å²) >= 11 is 7.40. The lowest BCUT2D eigenvalue weighted by atomic mass is 10.2. The van der Waals surface area contributed by atoms with Crippen molar-refractivity contribution in [3.05, 3.63) is 63.8 Å². The monoisotopic (exact) mass is 401 g/mol. The van der Waals surface area contributed by atoms with Crippen LogP contribution < -0.4 is 0 Å². The molecule has 1 saturated heterocycles. The van der Waals surface area contributed by atoms with Crippen LogP contribution in [0.5, 0.6) is 0 Å². The zero-order valence-corrected chi connectivity index (χ0v) is 16.4. The molecule has 7 heteroatoms. The van der Waals surface area contributed by atoms with Gasteiger partial charge >= 0.3 is 0 Å². The number of carbonyl (C=O) groups excluding carboxylic acids is 1. The van der Waals surface area contributed by atoms with Crippen LogP contribution in [0.2, 0.25) is 5.02 Å². The summed E-state index contributed by atoms with van der Waals surface area (Å²) in [6.45, 7) is 3.99. The van der Waals surface area contributed by atoms with Gasteiger partial charge in [-0.15, -0.1) is 11.3 Å². The summed E-state index contributed by atoms with van der Waals surface area (Å²) < 4.78 is 6.01. The van der Waals surface area contributed by atoms with Crippen molar-refractivity contribution in [3.63, 3.8) is 0 Å². The Labute approximate surface area is 167 Å². The summed E-state index contributed by atoms with van der Waals surface area (Å²) in [6.07, 6.45) is 0.945. The van der Waals surface area contributed by atoms with Crippen LogP contribution in [0.1, 0.15) is 22.7 Å². The SMILES string of the molecule is O=C(c1cscn1)N1CCCN(Cc2ccc(-c3ccc(Cl)cc3)o2)CC1. The van der Waals surface area contributed by atoms with Gasteiger partial charge < -0.3 is 9.32 Å². The zero-order chi connectivity index (χ0) is 18.6. The fourth-order valence-electron chi connectivity index (χ4n) is 3.26. The first-order valence-corrected chi connectivity index (χ1v) is 10.3. The second-order valence-corrected chi connectivity index (χ2v) is 7.72. The van der Waals surface area contributed by atoms with Gasteiger partial charge in [0, 0.05) is 42.1 Å². The molecule has 0 spiro atoms. The molecule has 0 radical (unpaired) electrons. The highest BCUT2D eigenvalue weighted by Gasteiger charge is 2.22. The minimum Gasteiger partial charge on any atom is -0.460 e. The number of benzene rings is 1. The highest BCUT2D eigenvalue weighted by Crippen LogP contribution is 2.24. The molecule has 3 aromatic rings. The number of rotatable bonds is 4. The van der Waals surface area contributed by atoms with Crippen molar-refractivity contribution in [1.29, 1.82) is 0 Å². The lowest BCUT2D eigenvalue weighted by Gasteiger charge is -2.20. The maximum atomic E-state index is 12.5. The van der Waals surface area contributed by atoms with Gasteiger partial charge in [0.15, 0.2) is 0 Å². The Morgan fingerprint density at radius 1 is 1.11 bits per heavy atom. The Bertz CT molecular complexity index is 892. The molecular weight excluding hydrogens is 382 g/mol. The largest absolute Gasteiger partial charge is 0.460 e. The van der Waals surface area contributed by atoms with Crippen LogP contribution in [0.4, 0.5) is 0 Å². The van der Waals surface area contributed by atoms with Crippen molar-refractivity contribution in [2.45, 2.75) is 13.0 Å². The Hall–Kier alpha value is -2.15. The van der Waals surface area contributed by atoms with Crippen molar-refractivity contribution < 1.29 is 9.21 Å². The van der Waals surface area contributed by atoms with E-state index in [-0.39, 0.29) is 5.91 Å². The third-order valence-electron chi connectivity index (χ3n) is 4.70. The van der Waals surface area contributed by atoms with Gasteiger partial charge in [-0.1, -0.05) is 11.6 Å². The van der Waals surface area contributed by atoms with Crippen molar-refractivity contribution in [1.82, 2.24) is 14.8 Å². The molecule has 3 heterocycles. The van der Waals surface area contributed by atoms with Crippen LogP contribution in [0, 0.1) is 0 Å². The van der Waals surface area contributed by atoms with Gasteiger partial charge in [0.25, 0.3) is 5.91 Å². The Balaban J connectivity index is 1.36. The number of halogens is 1. The van der Waals surface area contributed by atoms with E-state index in [0.29, 0.717) is 17.3 Å². The van der Waals surface area contributed by atoms with Crippen molar-refractivity contribution in [2.24, 2.45) is 0 Å². The van der Waals surface area contributed by atoms with E-state index in [1.54, 1.807) is 5.51 Å². The number of carbonyl (C=O) groups is 1. The van der Waals surface area contributed by atoms with Crippen LogP contribution >= 0.6 is 22.9 Å². The normalized spacial score (nSPS) is 15.7. The molecule has 5 nitrogen and oxygen atoms in total. The summed E-state index contributed by atoms with van der Waals surface area (Å²) in [5, 5.41) is 2.53. The van der Waals surface area contributed by atoms with E-state index < -0.39 is 0 Å². The molecular formula is C20H20ClN3O2S. The van der Waals surface area contributed by atoms with E-state index >= 15 is 0 Å². The van der Waals surface area contributed by atoms with Crippen molar-refractivity contribution >= 4 is 28.8 Å². The Morgan fingerprint density at radius 3 is 2.74 bits per heavy atom. The molecule has 140 valence electrons. The maximum Gasteiger partial charge on any atom is 0.273 e. The first-order valence-electron chi connectivity index (χ1n) is 8.93. The second-order valence-electron chi connectivity index (χ2n) is 6.57. The molecule has 2 aromatic heterocycles. The van der Waals surface area contributed by atoms with Crippen molar-refractivity contribution in [3.8, 4) is 11.3 Å². The highest BCUT2D eigenvalue weighted by molar-refractivity contribution is 7.07. The number of hydrogen-bond acceptors (Lipinski definition) is 5. The second kappa shape index (κ2) is 8.25. The van der Waals surface area contributed by atoms with Gasteiger partial charge in [-0.2, -0.15) is 0 Å². The molecule has 1 aromatic carbocycles. The molecule has 0 atom stereocenters.